The van der Waals surface area contributed by atoms with Crippen molar-refractivity contribution in [3.8, 4) is 0 Å². The largest absolute Gasteiger partial charge is 0.272 e. The normalized spacial score (nSPS) is 14.7. The van der Waals surface area contributed by atoms with Gasteiger partial charge in [0.05, 0.1) is 12.1 Å². The maximum atomic E-state index is 10.8. The average molecular weight is 146 g/mol. The molecule has 11 heavy (non-hydrogen) atoms. The van der Waals surface area contributed by atoms with Crippen LogP contribution >= 0.6 is 0 Å². The van der Waals surface area contributed by atoms with Gasteiger partial charge in [-0.25, -0.2) is 4.99 Å². The number of nitrogens with zero attached hydrogens (tertiary/aromatic N) is 2. The van der Waals surface area contributed by atoms with Crippen molar-refractivity contribution in [3.05, 3.63) is 29.6 Å². The molecule has 0 spiro atoms. The highest BCUT2D eigenvalue weighted by atomic mass is 16.1. The van der Waals surface area contributed by atoms with Gasteiger partial charge < -0.3 is 0 Å². The zero-order valence-electron chi connectivity index (χ0n) is 5.82. The number of fused-ring (bicyclic) bond motifs is 1. The molecule has 54 valence electrons. The van der Waals surface area contributed by atoms with E-state index in [-0.39, 0.29) is 5.91 Å². The number of carbonyl (C=O) groups excluding carboxylic acids is 1. The van der Waals surface area contributed by atoms with Crippen molar-refractivity contribution in [1.29, 1.82) is 0 Å². The predicted molar refractivity (Wildman–Crippen MR) is 40.5 cm³/mol. The van der Waals surface area contributed by atoms with Crippen LogP contribution in [0.15, 0.2) is 23.3 Å². The van der Waals surface area contributed by atoms with Crippen LogP contribution < -0.4 is 0 Å². The molecular formula is C8H6N2O. The van der Waals surface area contributed by atoms with E-state index in [0.717, 1.165) is 11.3 Å². The first-order chi connectivity index (χ1) is 5.36. The monoisotopic (exact) mass is 146 g/mol. The lowest BCUT2D eigenvalue weighted by molar-refractivity contribution is -0.117. The van der Waals surface area contributed by atoms with Gasteiger partial charge in [0.25, 0.3) is 5.91 Å². The first-order valence-corrected chi connectivity index (χ1v) is 3.37. The molecule has 1 aliphatic rings. The maximum absolute atomic E-state index is 10.8. The van der Waals surface area contributed by atoms with Crippen molar-refractivity contribution in [1.82, 2.24) is 4.98 Å². The van der Waals surface area contributed by atoms with Gasteiger partial charge in [-0.05, 0) is 6.07 Å². The number of amides is 1. The molecule has 3 nitrogen and oxygen atoms in total. The van der Waals surface area contributed by atoms with Gasteiger partial charge in [-0.1, -0.05) is 6.07 Å². The van der Waals surface area contributed by atoms with E-state index >= 15 is 0 Å². The van der Waals surface area contributed by atoms with Crippen LogP contribution in [0.3, 0.4) is 0 Å². The third kappa shape index (κ3) is 1.05. The summed E-state index contributed by atoms with van der Waals surface area (Å²) in [6.45, 7) is 0. The molecule has 3 heteroatoms. The molecular weight excluding hydrogens is 140 g/mol. The first-order valence-electron chi connectivity index (χ1n) is 3.37. The molecule has 0 saturated carbocycles. The van der Waals surface area contributed by atoms with Crippen LogP contribution in [-0.4, -0.2) is 17.1 Å². The summed E-state index contributed by atoms with van der Waals surface area (Å²) in [6.07, 6.45) is 3.59. The Balaban J connectivity index is 2.54. The molecule has 0 saturated heterocycles. The Bertz CT molecular complexity index is 331. The summed E-state index contributed by atoms with van der Waals surface area (Å²) in [5, 5.41) is 0. The Morgan fingerprint density at radius 2 is 2.36 bits per heavy atom. The minimum atomic E-state index is -0.115. The second-order valence-electron chi connectivity index (χ2n) is 2.37. The lowest BCUT2D eigenvalue weighted by Crippen LogP contribution is -2.10. The van der Waals surface area contributed by atoms with Crippen LogP contribution in [0.5, 0.6) is 0 Å². The Morgan fingerprint density at radius 3 is 3.27 bits per heavy atom. The van der Waals surface area contributed by atoms with Gasteiger partial charge in [0.1, 0.15) is 0 Å². The molecule has 0 aromatic carbocycles. The Labute approximate surface area is 63.8 Å². The summed E-state index contributed by atoms with van der Waals surface area (Å²) in [7, 11) is 0. The maximum Gasteiger partial charge on any atom is 0.251 e. The van der Waals surface area contributed by atoms with Gasteiger partial charge in [0.15, 0.2) is 0 Å². The highest BCUT2D eigenvalue weighted by Crippen LogP contribution is 2.08. The van der Waals surface area contributed by atoms with E-state index in [2.05, 4.69) is 9.98 Å². The molecule has 0 radical (unpaired) electrons. The zero-order valence-corrected chi connectivity index (χ0v) is 5.82. The molecule has 2 rings (SSSR count). The Hall–Kier alpha value is -1.51. The van der Waals surface area contributed by atoms with E-state index < -0.39 is 0 Å². The second-order valence-corrected chi connectivity index (χ2v) is 2.37. The lowest BCUT2D eigenvalue weighted by atomic mass is 10.1. The van der Waals surface area contributed by atoms with Crippen molar-refractivity contribution in [2.24, 2.45) is 4.99 Å². The number of aromatic nitrogens is 1. The van der Waals surface area contributed by atoms with Crippen LogP contribution in [0.25, 0.3) is 0 Å². The smallest absolute Gasteiger partial charge is 0.251 e. The fourth-order valence-corrected chi connectivity index (χ4v) is 1.05. The molecule has 0 atom stereocenters. The van der Waals surface area contributed by atoms with Gasteiger partial charge in [-0.2, -0.15) is 0 Å². The number of aliphatic imine (C=N–C) groups is 1. The van der Waals surface area contributed by atoms with Crippen LogP contribution in [0, 0.1) is 0 Å². The minimum absolute atomic E-state index is 0.115. The molecule has 0 fully saturated rings. The fourth-order valence-electron chi connectivity index (χ4n) is 1.05. The van der Waals surface area contributed by atoms with Crippen molar-refractivity contribution in [2.75, 3.05) is 0 Å². The SMILES string of the molecule is O=C1Cc2ncccc2C=N1. The predicted octanol–water partition coefficient (Wildman–Crippen LogP) is 0.583. The molecule has 1 aromatic rings. The van der Waals surface area contributed by atoms with Gasteiger partial charge in [-0.3, -0.25) is 9.78 Å². The van der Waals surface area contributed by atoms with E-state index in [4.69, 9.17) is 0 Å². The van der Waals surface area contributed by atoms with Crippen LogP contribution in [0.1, 0.15) is 11.3 Å². The van der Waals surface area contributed by atoms with Crippen molar-refractivity contribution < 1.29 is 4.79 Å². The number of hydrogen-bond donors (Lipinski definition) is 0. The van der Waals surface area contributed by atoms with E-state index in [0.29, 0.717) is 6.42 Å². The van der Waals surface area contributed by atoms with E-state index in [1.54, 1.807) is 12.4 Å². The highest BCUT2D eigenvalue weighted by Gasteiger charge is 2.10. The minimum Gasteiger partial charge on any atom is -0.272 e. The molecule has 0 N–H and O–H groups in total. The Kier molecular flexibility index (Phi) is 1.28. The molecule has 2 heterocycles. The van der Waals surface area contributed by atoms with E-state index in [1.165, 1.54) is 0 Å². The second kappa shape index (κ2) is 2.27. The Morgan fingerprint density at radius 1 is 1.45 bits per heavy atom. The standard InChI is InChI=1S/C8H6N2O/c11-8-4-7-6(5-10-8)2-1-3-9-7/h1-3,5H,4H2. The quantitative estimate of drug-likeness (QED) is 0.537. The van der Waals surface area contributed by atoms with Crippen LogP contribution in [0.4, 0.5) is 0 Å². The summed E-state index contributed by atoms with van der Waals surface area (Å²) in [5.41, 5.74) is 1.78. The molecule has 0 unspecified atom stereocenters. The van der Waals surface area contributed by atoms with Gasteiger partial charge in [0.2, 0.25) is 0 Å². The summed E-state index contributed by atoms with van der Waals surface area (Å²) in [6, 6.07) is 3.74. The third-order valence-corrected chi connectivity index (χ3v) is 1.59. The molecule has 1 aromatic heterocycles. The lowest BCUT2D eigenvalue weighted by Gasteiger charge is -2.05. The molecule has 0 bridgehead atoms. The number of pyridine rings is 1. The first kappa shape index (κ1) is 6.22. The van der Waals surface area contributed by atoms with Crippen molar-refractivity contribution in [3.63, 3.8) is 0 Å². The fraction of sp³-hybridized carbons (Fsp3) is 0.125. The zero-order chi connectivity index (χ0) is 7.68. The van der Waals surface area contributed by atoms with Crippen LogP contribution in [0.2, 0.25) is 0 Å². The van der Waals surface area contributed by atoms with E-state index in [1.807, 2.05) is 12.1 Å². The van der Waals surface area contributed by atoms with Crippen molar-refractivity contribution >= 4 is 12.1 Å². The summed E-state index contributed by atoms with van der Waals surface area (Å²) >= 11 is 0. The summed E-state index contributed by atoms with van der Waals surface area (Å²) in [5.74, 6) is -0.115. The van der Waals surface area contributed by atoms with Crippen LogP contribution in [-0.2, 0) is 11.2 Å². The molecule has 1 amide bonds. The average Bonchev–Trinajstić information content (AvgIpc) is 2.04. The summed E-state index contributed by atoms with van der Waals surface area (Å²) in [4.78, 5) is 18.5. The topological polar surface area (TPSA) is 42.3 Å². The number of carbonyl (C=O) groups is 1. The van der Waals surface area contributed by atoms with Crippen molar-refractivity contribution in [2.45, 2.75) is 6.42 Å². The third-order valence-electron chi connectivity index (χ3n) is 1.59. The van der Waals surface area contributed by atoms with Gasteiger partial charge in [-0.15, -0.1) is 0 Å². The molecule has 0 aliphatic carbocycles. The molecule has 1 aliphatic heterocycles. The van der Waals surface area contributed by atoms with Gasteiger partial charge in [0, 0.05) is 18.0 Å². The number of hydrogen-bond acceptors (Lipinski definition) is 2. The summed E-state index contributed by atoms with van der Waals surface area (Å²) < 4.78 is 0. The van der Waals surface area contributed by atoms with Gasteiger partial charge >= 0.3 is 0 Å². The van der Waals surface area contributed by atoms with E-state index in [9.17, 15) is 4.79 Å². The highest BCUT2D eigenvalue weighted by molar-refractivity contribution is 5.97. The number of rotatable bonds is 0.